The maximum atomic E-state index is 12.7. The van der Waals surface area contributed by atoms with E-state index in [4.69, 9.17) is 0 Å². The summed E-state index contributed by atoms with van der Waals surface area (Å²) in [5, 5.41) is 3.31. The average Bonchev–Trinajstić information content (AvgIpc) is 3.02. The molecule has 1 heterocycles. The Morgan fingerprint density at radius 2 is 1.95 bits per heavy atom. The third-order valence-corrected chi connectivity index (χ3v) is 3.56. The summed E-state index contributed by atoms with van der Waals surface area (Å²) in [6.07, 6.45) is 4.62. The lowest BCUT2D eigenvalue weighted by Crippen LogP contribution is -2.30. The van der Waals surface area contributed by atoms with Crippen molar-refractivity contribution in [1.82, 2.24) is 14.9 Å². The number of halogens is 2. The van der Waals surface area contributed by atoms with Crippen molar-refractivity contribution < 1.29 is 8.78 Å². The van der Waals surface area contributed by atoms with Gasteiger partial charge in [0.05, 0.1) is 6.54 Å². The Hall–Kier alpha value is -1.75. The number of aromatic nitrogens is 2. The van der Waals surface area contributed by atoms with Gasteiger partial charge in [-0.05, 0) is 24.0 Å². The first-order valence-corrected chi connectivity index (χ1v) is 6.34. The lowest BCUT2D eigenvalue weighted by atomic mass is 10.1. The van der Waals surface area contributed by atoms with E-state index in [-0.39, 0.29) is 0 Å². The standard InChI is InChI=1S/C14H15F2N3/c15-14(16)19-6-5-17-13(19)9-18-12-7-10-3-1-2-4-11(10)8-12/h1-6,12,14,18H,7-9H2. The van der Waals surface area contributed by atoms with Crippen LogP contribution in [0.2, 0.25) is 0 Å². The summed E-state index contributed by atoms with van der Waals surface area (Å²) in [7, 11) is 0. The molecule has 0 radical (unpaired) electrons. The van der Waals surface area contributed by atoms with E-state index < -0.39 is 6.55 Å². The number of alkyl halides is 2. The van der Waals surface area contributed by atoms with Crippen LogP contribution in [-0.4, -0.2) is 15.6 Å². The van der Waals surface area contributed by atoms with Crippen LogP contribution in [0.25, 0.3) is 0 Å². The number of imidazole rings is 1. The third kappa shape index (κ3) is 2.51. The summed E-state index contributed by atoms with van der Waals surface area (Å²) in [4.78, 5) is 3.97. The SMILES string of the molecule is FC(F)n1ccnc1CNC1Cc2ccccc2C1. The third-order valence-electron chi connectivity index (χ3n) is 3.56. The molecule has 0 fully saturated rings. The van der Waals surface area contributed by atoms with Gasteiger partial charge in [0.2, 0.25) is 0 Å². The maximum Gasteiger partial charge on any atom is 0.319 e. The van der Waals surface area contributed by atoms with Crippen molar-refractivity contribution in [2.24, 2.45) is 0 Å². The highest BCUT2D eigenvalue weighted by atomic mass is 19.3. The number of fused-ring (bicyclic) bond motifs is 1. The molecule has 0 aliphatic heterocycles. The van der Waals surface area contributed by atoms with Crippen molar-refractivity contribution in [2.45, 2.75) is 32.0 Å². The van der Waals surface area contributed by atoms with Crippen LogP contribution in [-0.2, 0) is 19.4 Å². The molecule has 1 aromatic carbocycles. The molecule has 0 unspecified atom stereocenters. The molecule has 0 saturated heterocycles. The second-order valence-corrected chi connectivity index (χ2v) is 4.78. The van der Waals surface area contributed by atoms with Crippen molar-refractivity contribution in [3.63, 3.8) is 0 Å². The van der Waals surface area contributed by atoms with Gasteiger partial charge in [-0.1, -0.05) is 24.3 Å². The molecule has 1 N–H and O–H groups in total. The number of benzene rings is 1. The molecule has 5 heteroatoms. The lowest BCUT2D eigenvalue weighted by Gasteiger charge is -2.12. The second kappa shape index (κ2) is 5.09. The van der Waals surface area contributed by atoms with Gasteiger partial charge in [-0.2, -0.15) is 8.78 Å². The highest BCUT2D eigenvalue weighted by Crippen LogP contribution is 2.22. The largest absolute Gasteiger partial charge is 0.319 e. The van der Waals surface area contributed by atoms with Crippen LogP contribution in [0.5, 0.6) is 0 Å². The monoisotopic (exact) mass is 263 g/mol. The molecule has 0 amide bonds. The molecule has 1 aromatic heterocycles. The molecule has 0 spiro atoms. The van der Waals surface area contributed by atoms with Gasteiger partial charge in [-0.15, -0.1) is 0 Å². The molecule has 19 heavy (non-hydrogen) atoms. The minimum absolute atomic E-state index is 0.306. The molecule has 3 rings (SSSR count). The van der Waals surface area contributed by atoms with E-state index in [1.807, 2.05) is 12.1 Å². The molecule has 2 aromatic rings. The highest BCUT2D eigenvalue weighted by Gasteiger charge is 2.21. The number of nitrogens with zero attached hydrogens (tertiary/aromatic N) is 2. The van der Waals surface area contributed by atoms with Crippen LogP contribution in [0.4, 0.5) is 8.78 Å². The minimum Gasteiger partial charge on any atom is -0.306 e. The van der Waals surface area contributed by atoms with Gasteiger partial charge in [-0.3, -0.25) is 4.57 Å². The smallest absolute Gasteiger partial charge is 0.306 e. The average molecular weight is 263 g/mol. The fourth-order valence-corrected chi connectivity index (χ4v) is 2.60. The first kappa shape index (κ1) is 12.3. The fourth-order valence-electron chi connectivity index (χ4n) is 2.60. The van der Waals surface area contributed by atoms with E-state index in [9.17, 15) is 8.78 Å². The number of rotatable bonds is 4. The normalized spacial score (nSPS) is 15.1. The molecular formula is C14H15F2N3. The van der Waals surface area contributed by atoms with E-state index in [0.717, 1.165) is 17.4 Å². The van der Waals surface area contributed by atoms with Gasteiger partial charge in [-0.25, -0.2) is 4.98 Å². The van der Waals surface area contributed by atoms with E-state index in [1.165, 1.54) is 23.5 Å². The van der Waals surface area contributed by atoms with Crippen molar-refractivity contribution in [3.05, 3.63) is 53.6 Å². The zero-order valence-electron chi connectivity index (χ0n) is 10.4. The molecular weight excluding hydrogens is 248 g/mol. The number of hydrogen-bond donors (Lipinski definition) is 1. The van der Waals surface area contributed by atoms with Crippen LogP contribution < -0.4 is 5.32 Å². The van der Waals surface area contributed by atoms with Gasteiger partial charge in [0.25, 0.3) is 0 Å². The molecule has 1 aliphatic carbocycles. The Morgan fingerprint density at radius 3 is 2.58 bits per heavy atom. The Balaban J connectivity index is 1.61. The summed E-state index contributed by atoms with van der Waals surface area (Å²) >= 11 is 0. The molecule has 0 atom stereocenters. The summed E-state index contributed by atoms with van der Waals surface area (Å²) in [6.45, 7) is -2.16. The Morgan fingerprint density at radius 1 is 1.26 bits per heavy atom. The van der Waals surface area contributed by atoms with E-state index in [1.54, 1.807) is 0 Å². The summed E-state index contributed by atoms with van der Waals surface area (Å²) in [5.74, 6) is 0.381. The molecule has 1 aliphatic rings. The van der Waals surface area contributed by atoms with Crippen LogP contribution in [0.1, 0.15) is 23.5 Å². The summed E-state index contributed by atoms with van der Waals surface area (Å²) in [6, 6.07) is 8.61. The van der Waals surface area contributed by atoms with Crippen molar-refractivity contribution >= 4 is 0 Å². The predicted molar refractivity (Wildman–Crippen MR) is 68.0 cm³/mol. The maximum absolute atomic E-state index is 12.7. The second-order valence-electron chi connectivity index (χ2n) is 4.78. The number of nitrogens with one attached hydrogen (secondary N) is 1. The Labute approximate surface area is 110 Å². The molecule has 0 saturated carbocycles. The van der Waals surface area contributed by atoms with E-state index in [0.29, 0.717) is 18.4 Å². The zero-order valence-corrected chi connectivity index (χ0v) is 10.4. The van der Waals surface area contributed by atoms with Gasteiger partial charge >= 0.3 is 6.55 Å². The van der Waals surface area contributed by atoms with Crippen LogP contribution in [0.3, 0.4) is 0 Å². The van der Waals surface area contributed by atoms with E-state index in [2.05, 4.69) is 22.4 Å². The quantitative estimate of drug-likeness (QED) is 0.918. The first-order valence-electron chi connectivity index (χ1n) is 6.34. The topological polar surface area (TPSA) is 29.9 Å². The van der Waals surface area contributed by atoms with E-state index >= 15 is 0 Å². The van der Waals surface area contributed by atoms with Crippen molar-refractivity contribution in [2.75, 3.05) is 0 Å². The Bertz CT molecular complexity index is 540. The molecule has 0 bridgehead atoms. The van der Waals surface area contributed by atoms with Gasteiger partial charge < -0.3 is 5.32 Å². The predicted octanol–water partition coefficient (Wildman–Crippen LogP) is 2.54. The van der Waals surface area contributed by atoms with Gasteiger partial charge in [0, 0.05) is 18.4 Å². The van der Waals surface area contributed by atoms with Gasteiger partial charge in [0.15, 0.2) is 0 Å². The van der Waals surface area contributed by atoms with Gasteiger partial charge in [0.1, 0.15) is 5.82 Å². The van der Waals surface area contributed by atoms with Crippen molar-refractivity contribution in [1.29, 1.82) is 0 Å². The summed E-state index contributed by atoms with van der Waals surface area (Å²) < 4.78 is 26.2. The zero-order chi connectivity index (χ0) is 13.2. The number of hydrogen-bond acceptors (Lipinski definition) is 2. The van der Waals surface area contributed by atoms with Crippen LogP contribution in [0.15, 0.2) is 36.7 Å². The minimum atomic E-state index is -2.53. The lowest BCUT2D eigenvalue weighted by molar-refractivity contribution is 0.0665. The molecule has 100 valence electrons. The highest BCUT2D eigenvalue weighted by molar-refractivity contribution is 5.33. The van der Waals surface area contributed by atoms with Crippen molar-refractivity contribution in [3.8, 4) is 0 Å². The van der Waals surface area contributed by atoms with Crippen LogP contribution in [0, 0.1) is 0 Å². The Kier molecular flexibility index (Phi) is 3.29. The van der Waals surface area contributed by atoms with Crippen LogP contribution >= 0.6 is 0 Å². The first-order chi connectivity index (χ1) is 9.24. The molecule has 3 nitrogen and oxygen atoms in total. The summed E-state index contributed by atoms with van der Waals surface area (Å²) in [5.41, 5.74) is 2.69. The fraction of sp³-hybridized carbons (Fsp3) is 0.357.